The van der Waals surface area contributed by atoms with Crippen LogP contribution in [0.15, 0.2) is 41.3 Å². The summed E-state index contributed by atoms with van der Waals surface area (Å²) in [4.78, 5) is 19.6. The van der Waals surface area contributed by atoms with Gasteiger partial charge in [-0.1, -0.05) is 0 Å². The van der Waals surface area contributed by atoms with Crippen molar-refractivity contribution in [3.63, 3.8) is 0 Å². The average molecular weight is 366 g/mol. The van der Waals surface area contributed by atoms with Gasteiger partial charge in [-0.15, -0.1) is 11.3 Å². The maximum Gasteiger partial charge on any atom is 0.271 e. The van der Waals surface area contributed by atoms with Crippen molar-refractivity contribution < 1.29 is 0 Å². The Morgan fingerprint density at radius 1 is 1.23 bits per heavy atom. The molecule has 1 saturated carbocycles. The molecule has 0 spiro atoms. The van der Waals surface area contributed by atoms with Gasteiger partial charge in [-0.3, -0.25) is 9.69 Å². The Morgan fingerprint density at radius 2 is 2.12 bits per heavy atom. The molecular formula is C20H22N4OS. The summed E-state index contributed by atoms with van der Waals surface area (Å²) in [6, 6.07) is 10.6. The normalized spacial score (nSPS) is 26.3. The predicted molar refractivity (Wildman–Crippen MR) is 104 cm³/mol. The highest BCUT2D eigenvalue weighted by atomic mass is 32.1. The second-order valence-corrected chi connectivity index (χ2v) is 8.59. The molecule has 0 bridgehead atoms. The van der Waals surface area contributed by atoms with Crippen molar-refractivity contribution in [1.29, 1.82) is 0 Å². The van der Waals surface area contributed by atoms with E-state index in [9.17, 15) is 4.79 Å². The van der Waals surface area contributed by atoms with E-state index in [2.05, 4.69) is 16.9 Å². The Bertz CT molecular complexity index is 1000. The third-order valence-corrected chi connectivity index (χ3v) is 7.07. The van der Waals surface area contributed by atoms with Crippen LogP contribution >= 0.6 is 11.3 Å². The molecule has 0 amide bonds. The van der Waals surface area contributed by atoms with Crippen LogP contribution in [0.2, 0.25) is 0 Å². The standard InChI is InChI=1S/C20H22N4OS/c1-13-4-3-9-23(13)16-10-14(11-16)20-22-17-7-6-15(12-18(17)26-20)24-19(25)5-2-8-21-24/h2,5-8,12-14,16H,3-4,9-11H2,1H3/t13-,14-,16-/m1/s1. The van der Waals surface area contributed by atoms with Crippen molar-refractivity contribution in [2.75, 3.05) is 6.54 Å². The fourth-order valence-electron chi connectivity index (χ4n) is 4.35. The van der Waals surface area contributed by atoms with E-state index in [0.717, 1.165) is 28.0 Å². The fraction of sp³-hybridized carbons (Fsp3) is 0.450. The number of hydrogen-bond acceptors (Lipinski definition) is 5. The van der Waals surface area contributed by atoms with Crippen LogP contribution in [0.3, 0.4) is 0 Å². The monoisotopic (exact) mass is 366 g/mol. The van der Waals surface area contributed by atoms with Crippen LogP contribution in [-0.4, -0.2) is 38.3 Å². The number of thiazole rings is 1. The molecule has 1 aromatic carbocycles. The van der Waals surface area contributed by atoms with Gasteiger partial charge in [-0.25, -0.2) is 4.98 Å². The first kappa shape index (κ1) is 16.1. The summed E-state index contributed by atoms with van der Waals surface area (Å²) in [7, 11) is 0. The number of nitrogens with zero attached hydrogens (tertiary/aromatic N) is 4. The second-order valence-electron chi connectivity index (χ2n) is 7.53. The molecular weight excluding hydrogens is 344 g/mol. The van der Waals surface area contributed by atoms with Crippen LogP contribution in [0, 0.1) is 0 Å². The first-order chi connectivity index (χ1) is 12.7. The molecule has 3 aromatic rings. The minimum Gasteiger partial charge on any atom is -0.298 e. The molecule has 26 heavy (non-hydrogen) atoms. The molecule has 0 radical (unpaired) electrons. The van der Waals surface area contributed by atoms with Crippen molar-refractivity contribution in [3.05, 3.63) is 51.9 Å². The summed E-state index contributed by atoms with van der Waals surface area (Å²) in [5.41, 5.74) is 1.71. The summed E-state index contributed by atoms with van der Waals surface area (Å²) in [6.45, 7) is 3.62. The highest BCUT2D eigenvalue weighted by molar-refractivity contribution is 7.18. The van der Waals surface area contributed by atoms with E-state index in [-0.39, 0.29) is 5.56 Å². The second kappa shape index (κ2) is 6.28. The molecule has 1 aliphatic carbocycles. The van der Waals surface area contributed by atoms with Crippen molar-refractivity contribution in [1.82, 2.24) is 19.7 Å². The smallest absolute Gasteiger partial charge is 0.271 e. The molecule has 2 fully saturated rings. The van der Waals surface area contributed by atoms with Crippen molar-refractivity contribution >= 4 is 21.6 Å². The molecule has 2 aromatic heterocycles. The van der Waals surface area contributed by atoms with Crippen LogP contribution in [0.5, 0.6) is 0 Å². The van der Waals surface area contributed by atoms with Gasteiger partial charge in [0, 0.05) is 30.3 Å². The van der Waals surface area contributed by atoms with Gasteiger partial charge in [0.25, 0.3) is 5.56 Å². The van der Waals surface area contributed by atoms with E-state index in [1.54, 1.807) is 23.6 Å². The number of rotatable bonds is 3. The number of hydrogen-bond donors (Lipinski definition) is 0. The summed E-state index contributed by atoms with van der Waals surface area (Å²) < 4.78 is 2.57. The zero-order chi connectivity index (χ0) is 17.7. The number of benzene rings is 1. The lowest BCUT2D eigenvalue weighted by Gasteiger charge is -2.42. The van der Waals surface area contributed by atoms with Gasteiger partial charge in [0.15, 0.2) is 0 Å². The average Bonchev–Trinajstić information content (AvgIpc) is 3.20. The van der Waals surface area contributed by atoms with E-state index in [0.29, 0.717) is 5.92 Å². The summed E-state index contributed by atoms with van der Waals surface area (Å²) >= 11 is 1.77. The van der Waals surface area contributed by atoms with Crippen molar-refractivity contribution in [2.24, 2.45) is 0 Å². The highest BCUT2D eigenvalue weighted by Gasteiger charge is 2.39. The maximum absolute atomic E-state index is 12.0. The molecule has 1 saturated heterocycles. The Labute approximate surface area is 156 Å². The zero-order valence-corrected chi connectivity index (χ0v) is 15.7. The van der Waals surface area contributed by atoms with Crippen LogP contribution < -0.4 is 5.56 Å². The lowest BCUT2D eigenvalue weighted by atomic mass is 9.79. The minimum absolute atomic E-state index is 0.113. The minimum atomic E-state index is -0.113. The molecule has 3 heterocycles. The van der Waals surface area contributed by atoms with Crippen molar-refractivity contribution in [2.45, 2.75) is 50.6 Å². The topological polar surface area (TPSA) is 51.0 Å². The number of aromatic nitrogens is 3. The lowest BCUT2D eigenvalue weighted by Crippen LogP contribution is -2.45. The third kappa shape index (κ3) is 2.68. The third-order valence-electron chi connectivity index (χ3n) is 5.88. The van der Waals surface area contributed by atoms with Gasteiger partial charge in [-0.05, 0) is 63.4 Å². The first-order valence-electron chi connectivity index (χ1n) is 9.40. The van der Waals surface area contributed by atoms with Crippen LogP contribution in [0.4, 0.5) is 0 Å². The maximum atomic E-state index is 12.0. The van der Waals surface area contributed by atoms with Crippen molar-refractivity contribution in [3.8, 4) is 5.69 Å². The Hall–Kier alpha value is -2.05. The molecule has 0 N–H and O–H groups in total. The van der Waals surface area contributed by atoms with E-state index in [4.69, 9.17) is 4.98 Å². The van der Waals surface area contributed by atoms with Gasteiger partial charge < -0.3 is 0 Å². The van der Waals surface area contributed by atoms with Gasteiger partial charge in [0.1, 0.15) is 0 Å². The van der Waals surface area contributed by atoms with E-state index in [1.807, 2.05) is 18.2 Å². The molecule has 5 nitrogen and oxygen atoms in total. The van der Waals surface area contributed by atoms with Gasteiger partial charge in [0.2, 0.25) is 0 Å². The molecule has 6 heteroatoms. The number of likely N-dealkylation sites (tertiary alicyclic amines) is 1. The largest absolute Gasteiger partial charge is 0.298 e. The molecule has 2 aliphatic rings. The van der Waals surface area contributed by atoms with Gasteiger partial charge in [-0.2, -0.15) is 9.78 Å². The Kier molecular flexibility index (Phi) is 3.90. The van der Waals surface area contributed by atoms with Gasteiger partial charge >= 0.3 is 0 Å². The summed E-state index contributed by atoms with van der Waals surface area (Å²) in [5.74, 6) is 0.589. The summed E-state index contributed by atoms with van der Waals surface area (Å²) in [5, 5.41) is 5.41. The predicted octanol–water partition coefficient (Wildman–Crippen LogP) is 3.57. The van der Waals surface area contributed by atoms with E-state index >= 15 is 0 Å². The zero-order valence-electron chi connectivity index (χ0n) is 14.8. The van der Waals surface area contributed by atoms with Crippen LogP contribution in [-0.2, 0) is 0 Å². The Balaban J connectivity index is 1.38. The molecule has 5 rings (SSSR count). The Morgan fingerprint density at radius 3 is 2.88 bits per heavy atom. The van der Waals surface area contributed by atoms with Crippen LogP contribution in [0.25, 0.3) is 15.9 Å². The fourth-order valence-corrected chi connectivity index (χ4v) is 5.47. The molecule has 1 atom stereocenters. The first-order valence-corrected chi connectivity index (χ1v) is 10.2. The quantitative estimate of drug-likeness (QED) is 0.711. The van der Waals surface area contributed by atoms with E-state index in [1.165, 1.54) is 48.0 Å². The molecule has 0 unspecified atom stereocenters. The number of fused-ring (bicyclic) bond motifs is 1. The molecule has 1 aliphatic heterocycles. The SMILES string of the molecule is C[C@@H]1CCCN1[C@H]1C[C@H](c2nc3ccc(-n4ncccc4=O)cc3s2)C1. The summed E-state index contributed by atoms with van der Waals surface area (Å²) in [6.07, 6.45) is 6.79. The van der Waals surface area contributed by atoms with Crippen LogP contribution in [0.1, 0.15) is 43.5 Å². The molecule has 134 valence electrons. The van der Waals surface area contributed by atoms with Gasteiger partial charge in [0.05, 0.1) is 20.9 Å². The highest BCUT2D eigenvalue weighted by Crippen LogP contribution is 2.44. The lowest BCUT2D eigenvalue weighted by molar-refractivity contribution is 0.103. The van der Waals surface area contributed by atoms with E-state index < -0.39 is 0 Å².